The van der Waals surface area contributed by atoms with Crippen LogP contribution in [0.3, 0.4) is 0 Å². The zero-order valence-electron chi connectivity index (χ0n) is 20.7. The molecule has 9 nitrogen and oxygen atoms in total. The lowest BCUT2D eigenvalue weighted by atomic mass is 9.85. The van der Waals surface area contributed by atoms with Crippen LogP contribution >= 0.6 is 0 Å². The van der Waals surface area contributed by atoms with E-state index in [1.165, 1.54) is 0 Å². The number of nitrogens with one attached hydrogen (secondary N) is 3. The number of alkyl halides is 3. The number of rotatable bonds is 9. The molecule has 0 unspecified atom stereocenters. The smallest absolute Gasteiger partial charge is 0.369 e. The molecule has 198 valence electrons. The molecule has 4 rings (SSSR count). The Balaban J connectivity index is 1.42. The van der Waals surface area contributed by atoms with E-state index in [0.29, 0.717) is 24.2 Å². The molecule has 1 aliphatic heterocycles. The summed E-state index contributed by atoms with van der Waals surface area (Å²) in [5.41, 5.74) is 0.680. The molecule has 1 aromatic heterocycles. The molecule has 2 aromatic rings. The Hall–Kier alpha value is -3.59. The molecular formula is C25H31F3N8O. The van der Waals surface area contributed by atoms with Gasteiger partial charge in [-0.05, 0) is 44.5 Å². The third kappa shape index (κ3) is 6.80. The summed E-state index contributed by atoms with van der Waals surface area (Å²) in [7, 11) is 2.06. The quantitative estimate of drug-likeness (QED) is 0.434. The van der Waals surface area contributed by atoms with Crippen molar-refractivity contribution in [2.24, 2.45) is 5.92 Å². The number of aromatic nitrogens is 2. The van der Waals surface area contributed by atoms with Gasteiger partial charge in [-0.3, -0.25) is 4.79 Å². The Labute approximate surface area is 214 Å². The lowest BCUT2D eigenvalue weighted by Gasteiger charge is -2.34. The molecule has 0 atom stereocenters. The van der Waals surface area contributed by atoms with Crippen LogP contribution in [0.25, 0.3) is 0 Å². The molecule has 2 heterocycles. The molecule has 1 amide bonds. The van der Waals surface area contributed by atoms with Crippen LogP contribution in [0.2, 0.25) is 0 Å². The number of anilines is 4. The molecule has 3 N–H and O–H groups in total. The molecule has 0 spiro atoms. The van der Waals surface area contributed by atoms with Gasteiger partial charge in [-0.1, -0.05) is 6.42 Å². The molecule has 37 heavy (non-hydrogen) atoms. The first-order chi connectivity index (χ1) is 17.7. The average molecular weight is 517 g/mol. The molecule has 1 aliphatic carbocycles. The van der Waals surface area contributed by atoms with Crippen molar-refractivity contribution in [3.8, 4) is 6.07 Å². The molecule has 1 saturated carbocycles. The maximum absolute atomic E-state index is 13.5. The maximum Gasteiger partial charge on any atom is 0.421 e. The topological polar surface area (TPSA) is 109 Å². The molecule has 1 aromatic carbocycles. The molecule has 1 saturated heterocycles. The largest absolute Gasteiger partial charge is 0.421 e. The highest BCUT2D eigenvalue weighted by atomic mass is 19.4. The number of piperazine rings is 1. The second-order valence-electron chi connectivity index (χ2n) is 9.41. The molecule has 0 radical (unpaired) electrons. The van der Waals surface area contributed by atoms with Gasteiger partial charge in [0.1, 0.15) is 17.5 Å². The highest BCUT2D eigenvalue weighted by molar-refractivity contribution is 5.79. The van der Waals surface area contributed by atoms with Gasteiger partial charge in [0.05, 0.1) is 11.3 Å². The van der Waals surface area contributed by atoms with Crippen LogP contribution in [0.1, 0.15) is 36.8 Å². The highest BCUT2D eigenvalue weighted by Gasteiger charge is 2.35. The van der Waals surface area contributed by atoms with Crippen molar-refractivity contribution < 1.29 is 18.0 Å². The van der Waals surface area contributed by atoms with Gasteiger partial charge in [-0.2, -0.15) is 23.4 Å². The van der Waals surface area contributed by atoms with Crippen molar-refractivity contribution in [3.05, 3.63) is 35.5 Å². The summed E-state index contributed by atoms with van der Waals surface area (Å²) in [5, 5.41) is 18.1. The third-order valence-electron chi connectivity index (χ3n) is 6.75. The van der Waals surface area contributed by atoms with E-state index >= 15 is 0 Å². The van der Waals surface area contributed by atoms with Gasteiger partial charge >= 0.3 is 6.18 Å². The Morgan fingerprint density at radius 3 is 2.59 bits per heavy atom. The third-order valence-corrected chi connectivity index (χ3v) is 6.75. The number of hydrogen-bond acceptors (Lipinski definition) is 8. The summed E-state index contributed by atoms with van der Waals surface area (Å²) < 4.78 is 40.6. The maximum atomic E-state index is 13.5. The van der Waals surface area contributed by atoms with Gasteiger partial charge in [-0.25, -0.2) is 4.98 Å². The van der Waals surface area contributed by atoms with Gasteiger partial charge in [0.2, 0.25) is 11.9 Å². The number of benzene rings is 1. The molecular weight excluding hydrogens is 485 g/mol. The van der Waals surface area contributed by atoms with E-state index < -0.39 is 11.7 Å². The van der Waals surface area contributed by atoms with E-state index in [-0.39, 0.29) is 30.1 Å². The lowest BCUT2D eigenvalue weighted by Crippen LogP contribution is -2.44. The number of carbonyl (C=O) groups excluding carboxylic acids is 1. The number of likely N-dealkylation sites (N-methyl/N-ethyl adjacent to an activating group) is 1. The zero-order chi connectivity index (χ0) is 26.4. The Kier molecular flexibility index (Phi) is 8.33. The van der Waals surface area contributed by atoms with Gasteiger partial charge in [0, 0.05) is 57.1 Å². The van der Waals surface area contributed by atoms with Crippen LogP contribution in [0.4, 0.5) is 36.3 Å². The molecule has 12 heteroatoms. The van der Waals surface area contributed by atoms with Crippen LogP contribution in [-0.4, -0.2) is 67.1 Å². The SMILES string of the molecule is CN1CCN(c2ccc(Nc3ncc(C(F)(F)F)c(NCCCNC(=O)C4CCC4)n3)c(C#N)c2)CC1. The first-order valence-corrected chi connectivity index (χ1v) is 12.4. The van der Waals surface area contributed by atoms with E-state index in [0.717, 1.165) is 57.3 Å². The van der Waals surface area contributed by atoms with Gasteiger partial charge < -0.3 is 25.8 Å². The van der Waals surface area contributed by atoms with E-state index in [2.05, 4.69) is 48.8 Å². The minimum Gasteiger partial charge on any atom is -0.369 e. The van der Waals surface area contributed by atoms with Gasteiger partial charge in [0.25, 0.3) is 0 Å². The standard InChI is InChI=1S/C25H31F3N8O/c1-35-10-12-36(13-11-35)19-6-7-21(18(14-19)15-29)33-24-32-16-20(25(26,27)28)22(34-24)30-8-3-9-31-23(37)17-4-2-5-17/h6-7,14,16-17H,2-5,8-13H2,1H3,(H,31,37)(H2,30,32,33,34). The minimum absolute atomic E-state index is 0.00249. The normalized spacial score (nSPS) is 16.6. The first-order valence-electron chi connectivity index (χ1n) is 12.4. The number of hydrogen-bond donors (Lipinski definition) is 3. The number of nitrogens with zero attached hydrogens (tertiary/aromatic N) is 5. The van der Waals surface area contributed by atoms with Crippen LogP contribution < -0.4 is 20.9 Å². The van der Waals surface area contributed by atoms with Crippen LogP contribution in [0.15, 0.2) is 24.4 Å². The zero-order valence-corrected chi connectivity index (χ0v) is 20.7. The summed E-state index contributed by atoms with van der Waals surface area (Å²) in [6.07, 6.45) is -0.638. The van der Waals surface area contributed by atoms with Crippen molar-refractivity contribution in [1.29, 1.82) is 5.26 Å². The van der Waals surface area contributed by atoms with Crippen molar-refractivity contribution in [3.63, 3.8) is 0 Å². The summed E-state index contributed by atoms with van der Waals surface area (Å²) in [5.74, 6) is -0.350. The second-order valence-corrected chi connectivity index (χ2v) is 9.41. The van der Waals surface area contributed by atoms with E-state index in [9.17, 15) is 23.2 Å². The fourth-order valence-electron chi connectivity index (χ4n) is 4.22. The van der Waals surface area contributed by atoms with Crippen LogP contribution in [0, 0.1) is 17.2 Å². The predicted molar refractivity (Wildman–Crippen MR) is 135 cm³/mol. The van der Waals surface area contributed by atoms with Crippen LogP contribution in [-0.2, 0) is 11.0 Å². The van der Waals surface area contributed by atoms with Crippen molar-refractivity contribution in [1.82, 2.24) is 20.2 Å². The summed E-state index contributed by atoms with van der Waals surface area (Å²) >= 11 is 0. The minimum atomic E-state index is -4.64. The number of halogens is 3. The monoisotopic (exact) mass is 516 g/mol. The van der Waals surface area contributed by atoms with E-state index in [1.54, 1.807) is 12.1 Å². The van der Waals surface area contributed by atoms with Crippen LogP contribution in [0.5, 0.6) is 0 Å². The van der Waals surface area contributed by atoms with E-state index in [1.807, 2.05) is 6.07 Å². The molecule has 2 fully saturated rings. The predicted octanol–water partition coefficient (Wildman–Crippen LogP) is 3.58. The van der Waals surface area contributed by atoms with Gasteiger partial charge in [0.15, 0.2) is 0 Å². The van der Waals surface area contributed by atoms with Gasteiger partial charge in [-0.15, -0.1) is 0 Å². The summed E-state index contributed by atoms with van der Waals surface area (Å²) in [6.45, 7) is 4.08. The Bertz CT molecular complexity index is 1140. The average Bonchev–Trinajstić information content (AvgIpc) is 2.83. The fourth-order valence-corrected chi connectivity index (χ4v) is 4.22. The summed E-state index contributed by atoms with van der Waals surface area (Å²) in [4.78, 5) is 24.2. The first kappa shape index (κ1) is 26.5. The number of carbonyl (C=O) groups is 1. The highest BCUT2D eigenvalue weighted by Crippen LogP contribution is 2.34. The second kappa shape index (κ2) is 11.6. The summed E-state index contributed by atoms with van der Waals surface area (Å²) in [6, 6.07) is 7.49. The number of amides is 1. The van der Waals surface area contributed by atoms with Crippen molar-refractivity contribution in [2.45, 2.75) is 31.9 Å². The Morgan fingerprint density at radius 1 is 1.19 bits per heavy atom. The van der Waals surface area contributed by atoms with Crippen molar-refractivity contribution in [2.75, 3.05) is 61.8 Å². The van der Waals surface area contributed by atoms with Crippen molar-refractivity contribution >= 4 is 29.0 Å². The lowest BCUT2D eigenvalue weighted by molar-refractivity contribution is -0.137. The number of nitriles is 1. The Morgan fingerprint density at radius 2 is 1.95 bits per heavy atom. The molecule has 2 aliphatic rings. The van der Waals surface area contributed by atoms with E-state index in [4.69, 9.17) is 0 Å². The molecule has 0 bridgehead atoms. The fraction of sp³-hybridized carbons (Fsp3) is 0.520.